The van der Waals surface area contributed by atoms with Gasteiger partial charge in [0.05, 0.1) is 10.6 Å². The number of piperidine rings is 1. The molecule has 2 aliphatic rings. The molecular formula is C27H37Cl2N5O. The fraction of sp³-hybridized carbons (Fsp3) is 0.556. The lowest BCUT2D eigenvalue weighted by Gasteiger charge is -2.47. The van der Waals surface area contributed by atoms with Gasteiger partial charge in [0.15, 0.2) is 0 Å². The molecule has 8 heteroatoms. The van der Waals surface area contributed by atoms with Crippen molar-refractivity contribution in [2.75, 3.05) is 37.6 Å². The lowest BCUT2D eigenvalue weighted by atomic mass is 9.98. The fourth-order valence-electron chi connectivity index (χ4n) is 5.30. The summed E-state index contributed by atoms with van der Waals surface area (Å²) in [5, 5.41) is 4.23. The number of carbonyl (C=O) groups excluding carboxylic acids is 1. The van der Waals surface area contributed by atoms with Gasteiger partial charge < -0.3 is 10.2 Å². The molecule has 1 N–H and O–H groups in total. The molecule has 0 saturated carbocycles. The highest BCUT2D eigenvalue weighted by molar-refractivity contribution is 6.33. The van der Waals surface area contributed by atoms with E-state index >= 15 is 0 Å². The molecule has 2 fully saturated rings. The van der Waals surface area contributed by atoms with Crippen LogP contribution in [0.25, 0.3) is 0 Å². The van der Waals surface area contributed by atoms with Crippen LogP contribution in [-0.2, 0) is 6.54 Å². The normalized spacial score (nSPS) is 20.4. The van der Waals surface area contributed by atoms with Crippen molar-refractivity contribution in [2.45, 2.75) is 64.7 Å². The third kappa shape index (κ3) is 6.67. The predicted molar refractivity (Wildman–Crippen MR) is 145 cm³/mol. The summed E-state index contributed by atoms with van der Waals surface area (Å²) in [6, 6.07) is 11.1. The Hall–Kier alpha value is -1.86. The van der Waals surface area contributed by atoms with E-state index < -0.39 is 0 Å². The monoisotopic (exact) mass is 517 g/mol. The van der Waals surface area contributed by atoms with Crippen LogP contribution in [-0.4, -0.2) is 71.5 Å². The van der Waals surface area contributed by atoms with Crippen molar-refractivity contribution in [1.82, 2.24) is 20.1 Å². The molecule has 0 radical (unpaired) electrons. The number of aromatic nitrogens is 1. The SMILES string of the molecule is CCC1CN(c2ncc(C(=O)NC(C)C)cc2Cl)CCN1C1CCN(Cc2ccc(Cl)cc2)CC1. The Morgan fingerprint density at radius 2 is 1.83 bits per heavy atom. The van der Waals surface area contributed by atoms with Gasteiger partial charge in [0.25, 0.3) is 5.91 Å². The number of nitrogens with one attached hydrogen (secondary N) is 1. The molecule has 0 aliphatic carbocycles. The summed E-state index contributed by atoms with van der Waals surface area (Å²) in [5.74, 6) is 0.642. The number of hydrogen-bond donors (Lipinski definition) is 1. The van der Waals surface area contributed by atoms with Crippen LogP contribution in [0.5, 0.6) is 0 Å². The van der Waals surface area contributed by atoms with Crippen molar-refractivity contribution in [3.8, 4) is 0 Å². The minimum atomic E-state index is -0.139. The molecule has 1 atom stereocenters. The second-order valence-electron chi connectivity index (χ2n) is 10.0. The van der Waals surface area contributed by atoms with Crippen LogP contribution in [0.15, 0.2) is 36.5 Å². The highest BCUT2D eigenvalue weighted by Gasteiger charge is 2.34. The number of carbonyl (C=O) groups is 1. The zero-order valence-corrected chi connectivity index (χ0v) is 22.5. The minimum Gasteiger partial charge on any atom is -0.353 e. The summed E-state index contributed by atoms with van der Waals surface area (Å²) in [6.07, 6.45) is 5.13. The van der Waals surface area contributed by atoms with Crippen molar-refractivity contribution in [3.63, 3.8) is 0 Å². The van der Waals surface area contributed by atoms with Gasteiger partial charge in [-0.3, -0.25) is 14.6 Å². The number of halogens is 2. The summed E-state index contributed by atoms with van der Waals surface area (Å²) in [5.41, 5.74) is 1.83. The summed E-state index contributed by atoms with van der Waals surface area (Å²) in [4.78, 5) is 24.5. The Morgan fingerprint density at radius 1 is 1.11 bits per heavy atom. The number of rotatable bonds is 7. The van der Waals surface area contributed by atoms with Gasteiger partial charge in [-0.05, 0) is 70.0 Å². The minimum absolute atomic E-state index is 0.0728. The van der Waals surface area contributed by atoms with E-state index in [4.69, 9.17) is 23.2 Å². The molecule has 4 rings (SSSR count). The number of pyridine rings is 1. The quantitative estimate of drug-likeness (QED) is 0.554. The van der Waals surface area contributed by atoms with Crippen molar-refractivity contribution in [2.24, 2.45) is 0 Å². The molecule has 0 bridgehead atoms. The number of likely N-dealkylation sites (tertiary alicyclic amines) is 1. The first-order valence-corrected chi connectivity index (χ1v) is 13.5. The maximum Gasteiger partial charge on any atom is 0.253 e. The van der Waals surface area contributed by atoms with Gasteiger partial charge in [-0.25, -0.2) is 4.98 Å². The Kier molecular flexibility index (Phi) is 8.92. The van der Waals surface area contributed by atoms with E-state index in [0.29, 0.717) is 22.7 Å². The predicted octanol–water partition coefficient (Wildman–Crippen LogP) is 5.09. The van der Waals surface area contributed by atoms with E-state index in [1.807, 2.05) is 26.0 Å². The number of piperazine rings is 1. The second-order valence-corrected chi connectivity index (χ2v) is 10.9. The Balaban J connectivity index is 1.33. The molecule has 0 spiro atoms. The Labute approximate surface area is 219 Å². The number of amides is 1. The molecule has 1 aromatic carbocycles. The molecule has 2 aliphatic heterocycles. The zero-order chi connectivity index (χ0) is 24.9. The van der Waals surface area contributed by atoms with Crippen LogP contribution in [0, 0.1) is 0 Å². The van der Waals surface area contributed by atoms with E-state index in [1.54, 1.807) is 12.3 Å². The van der Waals surface area contributed by atoms with E-state index in [9.17, 15) is 4.79 Å². The average molecular weight is 519 g/mol. The highest BCUT2D eigenvalue weighted by Crippen LogP contribution is 2.30. The van der Waals surface area contributed by atoms with Crippen LogP contribution in [0.1, 0.15) is 56.0 Å². The van der Waals surface area contributed by atoms with E-state index in [0.717, 1.165) is 56.5 Å². The fourth-order valence-corrected chi connectivity index (χ4v) is 5.71. The standard InChI is InChI=1S/C27H37Cl2N5O/c1-4-23-18-33(26-25(29)15-21(16-30-26)27(35)31-19(2)3)13-14-34(23)24-9-11-32(12-10-24)17-20-5-7-22(28)8-6-20/h5-8,15-16,19,23-24H,4,9-14,17-18H2,1-3H3,(H,31,35). The van der Waals surface area contributed by atoms with Crippen LogP contribution in [0.4, 0.5) is 5.82 Å². The van der Waals surface area contributed by atoms with Crippen molar-refractivity contribution in [1.29, 1.82) is 0 Å². The van der Waals surface area contributed by atoms with Crippen LogP contribution in [0.2, 0.25) is 10.0 Å². The number of nitrogens with zero attached hydrogens (tertiary/aromatic N) is 4. The van der Waals surface area contributed by atoms with E-state index in [-0.39, 0.29) is 11.9 Å². The smallest absolute Gasteiger partial charge is 0.253 e. The largest absolute Gasteiger partial charge is 0.353 e. The molecule has 1 amide bonds. The molecule has 6 nitrogen and oxygen atoms in total. The summed E-state index contributed by atoms with van der Waals surface area (Å²) < 4.78 is 0. The summed E-state index contributed by atoms with van der Waals surface area (Å²) >= 11 is 12.6. The number of hydrogen-bond acceptors (Lipinski definition) is 5. The van der Waals surface area contributed by atoms with Crippen LogP contribution in [0.3, 0.4) is 0 Å². The lowest BCUT2D eigenvalue weighted by molar-refractivity contribution is 0.0610. The molecule has 3 heterocycles. The molecular weight excluding hydrogens is 481 g/mol. The Morgan fingerprint density at radius 3 is 2.46 bits per heavy atom. The van der Waals surface area contributed by atoms with Gasteiger partial charge in [0.2, 0.25) is 0 Å². The Bertz CT molecular complexity index is 992. The van der Waals surface area contributed by atoms with Crippen LogP contribution >= 0.6 is 23.2 Å². The first-order valence-electron chi connectivity index (χ1n) is 12.8. The van der Waals surface area contributed by atoms with Crippen molar-refractivity contribution >= 4 is 34.9 Å². The molecule has 2 aromatic rings. The molecule has 190 valence electrons. The third-order valence-corrected chi connectivity index (χ3v) is 7.68. The van der Waals surface area contributed by atoms with Gasteiger partial charge in [0.1, 0.15) is 5.82 Å². The van der Waals surface area contributed by atoms with E-state index in [1.165, 1.54) is 18.4 Å². The molecule has 1 unspecified atom stereocenters. The zero-order valence-electron chi connectivity index (χ0n) is 21.0. The number of anilines is 1. The van der Waals surface area contributed by atoms with Gasteiger partial charge in [-0.2, -0.15) is 0 Å². The van der Waals surface area contributed by atoms with Gasteiger partial charge in [-0.15, -0.1) is 0 Å². The maximum atomic E-state index is 12.3. The summed E-state index contributed by atoms with van der Waals surface area (Å²) in [6.45, 7) is 12.2. The molecule has 35 heavy (non-hydrogen) atoms. The maximum absolute atomic E-state index is 12.3. The summed E-state index contributed by atoms with van der Waals surface area (Å²) in [7, 11) is 0. The van der Waals surface area contributed by atoms with Crippen molar-refractivity contribution in [3.05, 3.63) is 57.7 Å². The highest BCUT2D eigenvalue weighted by atomic mass is 35.5. The van der Waals surface area contributed by atoms with Crippen molar-refractivity contribution < 1.29 is 4.79 Å². The van der Waals surface area contributed by atoms with Gasteiger partial charge in [-0.1, -0.05) is 42.3 Å². The first-order chi connectivity index (χ1) is 16.8. The topological polar surface area (TPSA) is 51.7 Å². The van der Waals surface area contributed by atoms with E-state index in [2.05, 4.69) is 44.1 Å². The van der Waals surface area contributed by atoms with Crippen LogP contribution < -0.4 is 10.2 Å². The molecule has 1 aromatic heterocycles. The first kappa shape index (κ1) is 26.2. The number of benzene rings is 1. The third-order valence-electron chi connectivity index (χ3n) is 7.15. The average Bonchev–Trinajstić information content (AvgIpc) is 2.85. The second kappa shape index (κ2) is 11.9. The lowest BCUT2D eigenvalue weighted by Crippen LogP contribution is -2.58. The van der Waals surface area contributed by atoms with Gasteiger partial charge >= 0.3 is 0 Å². The molecule has 2 saturated heterocycles. The van der Waals surface area contributed by atoms with Gasteiger partial charge in [0, 0.05) is 55.5 Å².